The van der Waals surface area contributed by atoms with Crippen molar-refractivity contribution in [3.05, 3.63) is 70.8 Å². The van der Waals surface area contributed by atoms with E-state index < -0.39 is 0 Å². The molecule has 0 aliphatic rings. The SMILES string of the molecule is Cc1cccc(C(=O)NCc2cccc(CCl)c2)c1. The summed E-state index contributed by atoms with van der Waals surface area (Å²) in [4.78, 5) is 12.0. The maximum absolute atomic E-state index is 12.0. The van der Waals surface area contributed by atoms with Gasteiger partial charge >= 0.3 is 0 Å². The average molecular weight is 274 g/mol. The lowest BCUT2D eigenvalue weighted by Gasteiger charge is -2.07. The summed E-state index contributed by atoms with van der Waals surface area (Å²) in [5.41, 5.74) is 3.88. The Bertz CT molecular complexity index is 580. The van der Waals surface area contributed by atoms with Crippen LogP contribution in [-0.4, -0.2) is 5.91 Å². The first-order valence-electron chi connectivity index (χ1n) is 6.17. The van der Waals surface area contributed by atoms with Crippen molar-refractivity contribution in [2.75, 3.05) is 0 Å². The Morgan fingerprint density at radius 3 is 2.58 bits per heavy atom. The zero-order valence-corrected chi connectivity index (χ0v) is 11.6. The number of carbonyl (C=O) groups excluding carboxylic acids is 1. The van der Waals surface area contributed by atoms with Crippen molar-refractivity contribution in [2.45, 2.75) is 19.3 Å². The fraction of sp³-hybridized carbons (Fsp3) is 0.188. The van der Waals surface area contributed by atoms with E-state index in [2.05, 4.69) is 5.32 Å². The molecule has 2 nitrogen and oxygen atoms in total. The van der Waals surface area contributed by atoms with Crippen LogP contribution >= 0.6 is 11.6 Å². The van der Waals surface area contributed by atoms with Gasteiger partial charge in [-0.2, -0.15) is 0 Å². The van der Waals surface area contributed by atoms with E-state index in [0.717, 1.165) is 16.7 Å². The average Bonchev–Trinajstić information content (AvgIpc) is 2.45. The third-order valence-corrected chi connectivity index (χ3v) is 3.19. The van der Waals surface area contributed by atoms with E-state index in [-0.39, 0.29) is 5.91 Å². The number of alkyl halides is 1. The van der Waals surface area contributed by atoms with Crippen molar-refractivity contribution in [3.63, 3.8) is 0 Å². The first kappa shape index (κ1) is 13.6. The highest BCUT2D eigenvalue weighted by atomic mass is 35.5. The zero-order valence-electron chi connectivity index (χ0n) is 10.8. The Hall–Kier alpha value is -1.80. The Kier molecular flexibility index (Phi) is 4.58. The van der Waals surface area contributed by atoms with Crippen LogP contribution in [0.2, 0.25) is 0 Å². The van der Waals surface area contributed by atoms with Gasteiger partial charge in [-0.1, -0.05) is 42.0 Å². The maximum atomic E-state index is 12.0. The van der Waals surface area contributed by atoms with Gasteiger partial charge in [-0.25, -0.2) is 0 Å². The van der Waals surface area contributed by atoms with E-state index in [1.807, 2.05) is 55.5 Å². The molecule has 0 aromatic heterocycles. The summed E-state index contributed by atoms with van der Waals surface area (Å²) in [6, 6.07) is 15.5. The Morgan fingerprint density at radius 1 is 1.11 bits per heavy atom. The highest BCUT2D eigenvalue weighted by Gasteiger charge is 2.05. The van der Waals surface area contributed by atoms with E-state index >= 15 is 0 Å². The topological polar surface area (TPSA) is 29.1 Å². The quantitative estimate of drug-likeness (QED) is 0.846. The standard InChI is InChI=1S/C16H16ClNO/c1-12-4-2-7-15(8-12)16(19)18-11-14-6-3-5-13(9-14)10-17/h2-9H,10-11H2,1H3,(H,18,19). The van der Waals surface area contributed by atoms with E-state index in [4.69, 9.17) is 11.6 Å². The van der Waals surface area contributed by atoms with E-state index in [1.54, 1.807) is 0 Å². The van der Waals surface area contributed by atoms with Crippen LogP contribution in [0.5, 0.6) is 0 Å². The van der Waals surface area contributed by atoms with E-state index in [0.29, 0.717) is 18.0 Å². The number of benzene rings is 2. The molecule has 2 aromatic rings. The van der Waals surface area contributed by atoms with Crippen LogP contribution in [0.1, 0.15) is 27.0 Å². The van der Waals surface area contributed by atoms with Gasteiger partial charge < -0.3 is 5.32 Å². The lowest BCUT2D eigenvalue weighted by atomic mass is 10.1. The highest BCUT2D eigenvalue weighted by Crippen LogP contribution is 2.08. The van der Waals surface area contributed by atoms with Crippen molar-refractivity contribution in [1.29, 1.82) is 0 Å². The molecule has 0 saturated heterocycles. The molecular weight excluding hydrogens is 258 g/mol. The smallest absolute Gasteiger partial charge is 0.251 e. The molecular formula is C16H16ClNO. The van der Waals surface area contributed by atoms with E-state index in [9.17, 15) is 4.79 Å². The number of hydrogen-bond donors (Lipinski definition) is 1. The van der Waals surface area contributed by atoms with Gasteiger partial charge in [0.25, 0.3) is 5.91 Å². The van der Waals surface area contributed by atoms with Gasteiger partial charge in [0.1, 0.15) is 0 Å². The van der Waals surface area contributed by atoms with Crippen molar-refractivity contribution >= 4 is 17.5 Å². The van der Waals surface area contributed by atoms with Gasteiger partial charge in [-0.3, -0.25) is 4.79 Å². The van der Waals surface area contributed by atoms with Gasteiger partial charge in [0, 0.05) is 18.0 Å². The third-order valence-electron chi connectivity index (χ3n) is 2.88. The second-order valence-corrected chi connectivity index (χ2v) is 4.77. The first-order chi connectivity index (χ1) is 9.19. The van der Waals surface area contributed by atoms with Crippen molar-refractivity contribution in [3.8, 4) is 0 Å². The van der Waals surface area contributed by atoms with Gasteiger partial charge in [0.2, 0.25) is 0 Å². The molecule has 0 heterocycles. The van der Waals surface area contributed by atoms with Gasteiger partial charge in [-0.05, 0) is 30.2 Å². The Morgan fingerprint density at radius 2 is 1.84 bits per heavy atom. The van der Waals surface area contributed by atoms with Crippen LogP contribution in [0, 0.1) is 6.92 Å². The van der Waals surface area contributed by atoms with Crippen molar-refractivity contribution < 1.29 is 4.79 Å². The van der Waals surface area contributed by atoms with Crippen LogP contribution in [0.15, 0.2) is 48.5 Å². The summed E-state index contributed by atoms with van der Waals surface area (Å²) in [7, 11) is 0. The zero-order chi connectivity index (χ0) is 13.7. The molecule has 1 N–H and O–H groups in total. The monoisotopic (exact) mass is 273 g/mol. The number of halogens is 1. The summed E-state index contributed by atoms with van der Waals surface area (Å²) >= 11 is 5.79. The molecule has 98 valence electrons. The van der Waals surface area contributed by atoms with Crippen LogP contribution in [0.4, 0.5) is 0 Å². The fourth-order valence-electron chi connectivity index (χ4n) is 1.89. The van der Waals surface area contributed by atoms with Crippen LogP contribution in [0.3, 0.4) is 0 Å². The molecule has 0 aliphatic carbocycles. The summed E-state index contributed by atoms with van der Waals surface area (Å²) in [5.74, 6) is 0.430. The predicted octanol–water partition coefficient (Wildman–Crippen LogP) is 3.66. The summed E-state index contributed by atoms with van der Waals surface area (Å²) in [6.45, 7) is 2.48. The number of amides is 1. The maximum Gasteiger partial charge on any atom is 0.251 e. The fourth-order valence-corrected chi connectivity index (χ4v) is 2.06. The van der Waals surface area contributed by atoms with Gasteiger partial charge in [-0.15, -0.1) is 11.6 Å². The van der Waals surface area contributed by atoms with Crippen molar-refractivity contribution in [2.24, 2.45) is 0 Å². The van der Waals surface area contributed by atoms with Crippen LogP contribution < -0.4 is 5.32 Å². The number of rotatable bonds is 4. The van der Waals surface area contributed by atoms with Crippen LogP contribution in [-0.2, 0) is 12.4 Å². The molecule has 2 rings (SSSR count). The largest absolute Gasteiger partial charge is 0.348 e. The molecule has 19 heavy (non-hydrogen) atoms. The highest BCUT2D eigenvalue weighted by molar-refractivity contribution is 6.17. The first-order valence-corrected chi connectivity index (χ1v) is 6.71. The molecule has 3 heteroatoms. The molecule has 0 radical (unpaired) electrons. The summed E-state index contributed by atoms with van der Waals surface area (Å²) in [6.07, 6.45) is 0. The number of carbonyl (C=O) groups is 1. The predicted molar refractivity (Wildman–Crippen MR) is 78.3 cm³/mol. The normalized spacial score (nSPS) is 10.2. The van der Waals surface area contributed by atoms with Gasteiger partial charge in [0.15, 0.2) is 0 Å². The Balaban J connectivity index is 2.00. The molecule has 0 fully saturated rings. The summed E-state index contributed by atoms with van der Waals surface area (Å²) in [5, 5.41) is 2.91. The lowest BCUT2D eigenvalue weighted by Crippen LogP contribution is -2.22. The molecule has 2 aromatic carbocycles. The minimum Gasteiger partial charge on any atom is -0.348 e. The molecule has 0 spiro atoms. The molecule has 1 amide bonds. The number of nitrogens with one attached hydrogen (secondary N) is 1. The van der Waals surface area contributed by atoms with Crippen LogP contribution in [0.25, 0.3) is 0 Å². The van der Waals surface area contributed by atoms with Crippen molar-refractivity contribution in [1.82, 2.24) is 5.32 Å². The molecule has 0 saturated carbocycles. The van der Waals surface area contributed by atoms with E-state index in [1.165, 1.54) is 0 Å². The molecule has 0 aliphatic heterocycles. The molecule has 0 unspecified atom stereocenters. The minimum atomic E-state index is -0.0556. The summed E-state index contributed by atoms with van der Waals surface area (Å²) < 4.78 is 0. The minimum absolute atomic E-state index is 0.0556. The van der Waals surface area contributed by atoms with Gasteiger partial charge in [0.05, 0.1) is 0 Å². The molecule has 0 atom stereocenters. The lowest BCUT2D eigenvalue weighted by molar-refractivity contribution is 0.0951. The third kappa shape index (κ3) is 3.83. The second-order valence-electron chi connectivity index (χ2n) is 4.51. The number of aryl methyl sites for hydroxylation is 1. The number of hydrogen-bond acceptors (Lipinski definition) is 1. The second kappa shape index (κ2) is 6.39. The Labute approximate surface area is 118 Å². The molecule has 0 bridgehead atoms.